The summed E-state index contributed by atoms with van der Waals surface area (Å²) in [6.45, 7) is 1.65. The maximum atomic E-state index is 12.4. The molecule has 1 atom stereocenters. The smallest absolute Gasteiger partial charge is 0.417 e. The van der Waals surface area contributed by atoms with E-state index in [1.165, 1.54) is 7.11 Å². The Kier molecular flexibility index (Phi) is 5.49. The monoisotopic (exact) mass is 313 g/mol. The van der Waals surface area contributed by atoms with Gasteiger partial charge in [-0.2, -0.15) is 13.2 Å². The Balaban J connectivity index is 2.73. The number of thioether (sulfide) groups is 1. The van der Waals surface area contributed by atoms with Gasteiger partial charge in [-0.15, -0.1) is 11.8 Å². The van der Waals surface area contributed by atoms with Gasteiger partial charge >= 0.3 is 12.1 Å². The van der Waals surface area contributed by atoms with E-state index in [0.717, 1.165) is 24.0 Å². The van der Waals surface area contributed by atoms with Crippen LogP contribution in [-0.4, -0.2) is 23.8 Å². The van der Waals surface area contributed by atoms with E-state index in [1.54, 1.807) is 6.92 Å². The summed E-state index contributed by atoms with van der Waals surface area (Å²) in [5.41, 5.74) is -0.900. The molecular weight excluding hydrogens is 303 g/mol. The molecular formula is C11H11ClF3NO2S. The number of nitrogens with zero attached hydrogens (tertiary/aromatic N) is 1. The molecule has 0 spiro atoms. The van der Waals surface area contributed by atoms with Crippen LogP contribution >= 0.6 is 23.4 Å². The van der Waals surface area contributed by atoms with Crippen molar-refractivity contribution >= 4 is 29.3 Å². The number of methoxy groups -OCH3 is 1. The summed E-state index contributed by atoms with van der Waals surface area (Å²) < 4.78 is 41.7. The van der Waals surface area contributed by atoms with Crippen molar-refractivity contribution in [3.05, 3.63) is 22.8 Å². The van der Waals surface area contributed by atoms with E-state index in [-0.39, 0.29) is 10.0 Å². The molecule has 1 aromatic heterocycles. The molecule has 19 heavy (non-hydrogen) atoms. The summed E-state index contributed by atoms with van der Waals surface area (Å²) in [4.78, 5) is 14.8. The van der Waals surface area contributed by atoms with E-state index in [0.29, 0.717) is 5.75 Å². The zero-order valence-electron chi connectivity index (χ0n) is 10.1. The third-order valence-electron chi connectivity index (χ3n) is 2.21. The molecule has 0 radical (unpaired) electrons. The first-order valence-electron chi connectivity index (χ1n) is 5.19. The number of carbonyl (C=O) groups excluding carboxylic acids is 1. The van der Waals surface area contributed by atoms with Gasteiger partial charge in [0.15, 0.2) is 0 Å². The molecule has 3 nitrogen and oxygen atoms in total. The van der Waals surface area contributed by atoms with Crippen LogP contribution < -0.4 is 0 Å². The lowest BCUT2D eigenvalue weighted by Gasteiger charge is -2.10. The van der Waals surface area contributed by atoms with Crippen LogP contribution in [0.1, 0.15) is 12.5 Å². The molecule has 8 heteroatoms. The Morgan fingerprint density at radius 3 is 2.68 bits per heavy atom. The molecule has 0 fully saturated rings. The minimum absolute atomic E-state index is 0.0862. The standard InChI is InChI=1S/C11H11ClF3NO2S/c1-6(10(17)18-2)5-19-9-8(12)3-7(4-16-9)11(13,14)15/h3-4,6H,5H2,1-2H3. The Morgan fingerprint density at radius 1 is 1.58 bits per heavy atom. The van der Waals surface area contributed by atoms with Crippen LogP contribution in [0.4, 0.5) is 13.2 Å². The van der Waals surface area contributed by atoms with Crippen molar-refractivity contribution in [1.82, 2.24) is 4.98 Å². The largest absolute Gasteiger partial charge is 0.469 e. The average molecular weight is 314 g/mol. The SMILES string of the molecule is COC(=O)C(C)CSc1ncc(C(F)(F)F)cc1Cl. The number of carbonyl (C=O) groups is 1. The predicted octanol–water partition coefficient (Wildman–Crippen LogP) is 3.66. The maximum absolute atomic E-state index is 12.4. The fourth-order valence-electron chi connectivity index (χ4n) is 1.16. The highest BCUT2D eigenvalue weighted by Gasteiger charge is 2.31. The second-order valence-corrected chi connectivity index (χ2v) is 5.16. The van der Waals surface area contributed by atoms with Crippen LogP contribution in [-0.2, 0) is 15.7 Å². The van der Waals surface area contributed by atoms with Crippen molar-refractivity contribution in [1.29, 1.82) is 0 Å². The van der Waals surface area contributed by atoms with Crippen molar-refractivity contribution in [3.63, 3.8) is 0 Å². The third-order valence-corrected chi connectivity index (χ3v) is 3.87. The van der Waals surface area contributed by atoms with Gasteiger partial charge in [-0.3, -0.25) is 4.79 Å². The van der Waals surface area contributed by atoms with Crippen LogP contribution in [0, 0.1) is 5.92 Å². The number of aromatic nitrogens is 1. The highest BCUT2D eigenvalue weighted by molar-refractivity contribution is 7.99. The number of ether oxygens (including phenoxy) is 1. The van der Waals surface area contributed by atoms with Gasteiger partial charge in [0.2, 0.25) is 0 Å². The first kappa shape index (κ1) is 16.1. The average Bonchev–Trinajstić information content (AvgIpc) is 2.34. The first-order chi connectivity index (χ1) is 8.75. The molecule has 0 aliphatic carbocycles. The summed E-state index contributed by atoms with van der Waals surface area (Å²) in [5.74, 6) is -0.462. The summed E-state index contributed by atoms with van der Waals surface area (Å²) in [6.07, 6.45) is -3.75. The molecule has 1 aromatic rings. The van der Waals surface area contributed by atoms with Gasteiger partial charge in [-0.05, 0) is 6.07 Å². The molecule has 1 rings (SSSR count). The zero-order valence-corrected chi connectivity index (χ0v) is 11.7. The lowest BCUT2D eigenvalue weighted by Crippen LogP contribution is -2.15. The molecule has 0 aromatic carbocycles. The lowest BCUT2D eigenvalue weighted by molar-refractivity contribution is -0.144. The Morgan fingerprint density at radius 2 is 2.21 bits per heavy atom. The van der Waals surface area contributed by atoms with E-state index in [9.17, 15) is 18.0 Å². The molecule has 0 aliphatic heterocycles. The van der Waals surface area contributed by atoms with Crippen LogP contribution in [0.15, 0.2) is 17.3 Å². The molecule has 0 amide bonds. The minimum Gasteiger partial charge on any atom is -0.469 e. The van der Waals surface area contributed by atoms with E-state index < -0.39 is 23.6 Å². The van der Waals surface area contributed by atoms with E-state index >= 15 is 0 Å². The number of alkyl halides is 3. The number of rotatable bonds is 4. The predicted molar refractivity (Wildman–Crippen MR) is 66.2 cm³/mol. The van der Waals surface area contributed by atoms with Gasteiger partial charge in [-0.1, -0.05) is 18.5 Å². The Hall–Kier alpha value is -0.950. The molecule has 1 heterocycles. The molecule has 0 bridgehead atoms. The van der Waals surface area contributed by atoms with Crippen molar-refractivity contribution < 1.29 is 22.7 Å². The Labute approximate surface area is 117 Å². The first-order valence-corrected chi connectivity index (χ1v) is 6.55. The van der Waals surface area contributed by atoms with Crippen LogP contribution in [0.5, 0.6) is 0 Å². The third kappa shape index (κ3) is 4.58. The summed E-state index contributed by atoms with van der Waals surface area (Å²) in [7, 11) is 1.27. The van der Waals surface area contributed by atoms with E-state index in [1.807, 2.05) is 0 Å². The molecule has 0 N–H and O–H groups in total. The Bertz CT molecular complexity index is 468. The summed E-state index contributed by atoms with van der Waals surface area (Å²) >= 11 is 6.84. The second-order valence-electron chi connectivity index (χ2n) is 3.74. The van der Waals surface area contributed by atoms with Crippen molar-refractivity contribution in [2.45, 2.75) is 18.1 Å². The van der Waals surface area contributed by atoms with Crippen LogP contribution in [0.25, 0.3) is 0 Å². The fourth-order valence-corrected chi connectivity index (χ4v) is 2.36. The molecule has 0 saturated carbocycles. The highest BCUT2D eigenvalue weighted by atomic mass is 35.5. The summed E-state index contributed by atoms with van der Waals surface area (Å²) in [5, 5.41) is 0.169. The molecule has 0 aliphatic rings. The molecule has 106 valence electrons. The van der Waals surface area contributed by atoms with Gasteiger partial charge in [0.1, 0.15) is 5.03 Å². The number of hydrogen-bond acceptors (Lipinski definition) is 4. The lowest BCUT2D eigenvalue weighted by atomic mass is 10.2. The van der Waals surface area contributed by atoms with Gasteiger partial charge < -0.3 is 4.74 Å². The van der Waals surface area contributed by atoms with Gasteiger partial charge in [0.25, 0.3) is 0 Å². The minimum atomic E-state index is -4.47. The van der Waals surface area contributed by atoms with Crippen LogP contribution in [0.3, 0.4) is 0 Å². The number of halogens is 4. The van der Waals surface area contributed by atoms with Gasteiger partial charge in [0.05, 0.1) is 23.6 Å². The number of esters is 1. The highest BCUT2D eigenvalue weighted by Crippen LogP contribution is 2.34. The zero-order chi connectivity index (χ0) is 14.6. The number of pyridine rings is 1. The van der Waals surface area contributed by atoms with Crippen LogP contribution in [0.2, 0.25) is 5.02 Å². The topological polar surface area (TPSA) is 39.2 Å². The van der Waals surface area contributed by atoms with Gasteiger partial charge in [0, 0.05) is 11.9 Å². The summed E-state index contributed by atoms with van der Waals surface area (Å²) in [6, 6.07) is 0.819. The maximum Gasteiger partial charge on any atom is 0.417 e. The molecule has 1 unspecified atom stereocenters. The quantitative estimate of drug-likeness (QED) is 0.628. The molecule has 0 saturated heterocycles. The van der Waals surface area contributed by atoms with E-state index in [2.05, 4.69) is 9.72 Å². The van der Waals surface area contributed by atoms with Crippen molar-refractivity contribution in [3.8, 4) is 0 Å². The van der Waals surface area contributed by atoms with E-state index in [4.69, 9.17) is 11.6 Å². The normalized spacial score (nSPS) is 13.2. The van der Waals surface area contributed by atoms with Crippen molar-refractivity contribution in [2.75, 3.05) is 12.9 Å². The van der Waals surface area contributed by atoms with Crippen molar-refractivity contribution in [2.24, 2.45) is 5.92 Å². The fraction of sp³-hybridized carbons (Fsp3) is 0.455. The van der Waals surface area contributed by atoms with Gasteiger partial charge in [-0.25, -0.2) is 4.98 Å². The second kappa shape index (κ2) is 6.47. The number of hydrogen-bond donors (Lipinski definition) is 0.